The Morgan fingerprint density at radius 3 is 2.33 bits per heavy atom. The molecule has 42 heavy (non-hydrogen) atoms. The lowest BCUT2D eigenvalue weighted by atomic mass is 9.52. The zero-order valence-electron chi connectivity index (χ0n) is 24.2. The molecule has 1 N–H and O–H groups in total. The fourth-order valence-electron chi connectivity index (χ4n) is 11.0. The molecule has 8 rings (SSSR count). The standard InChI is InChI=1S/C32H42N2O3.ClHO4/c35-32(36)22-10-2-1-9-21(22)27-25-17-19-7-3-13-33-15-5-11-23(28(19)33)30(25)37-31-24-12-6-16-34-14-4-8-20(29(24)34)18-26(27)31;2-1(3,4)5/h1-2,9-10,19-20,23-28,30-31H,3-8,11-18H2;(H,2,3,4,5). The van der Waals surface area contributed by atoms with Crippen molar-refractivity contribution in [3.8, 4) is 0 Å². The number of aromatic carboxylic acids is 1. The lowest BCUT2D eigenvalue weighted by Crippen LogP contribution is -2.68. The Balaban J connectivity index is 0.000000534. The SMILES string of the molecule is O=C(O)c1ccccc1C1C2CC3CCC[N+]4=C3C(CCC4)C2OC2C1CC1CCCN3CCCC2C13.[O-][Cl+3]([O-])([O-])[O-]. The van der Waals surface area contributed by atoms with Gasteiger partial charge in [-0.05, 0) is 99.8 Å². The first kappa shape index (κ1) is 29.1. The van der Waals surface area contributed by atoms with Crippen LogP contribution in [-0.4, -0.2) is 70.7 Å². The Labute approximate surface area is 249 Å². The molecule has 10 atom stereocenters. The first-order valence-electron chi connectivity index (χ1n) is 16.1. The van der Waals surface area contributed by atoms with E-state index in [-0.39, 0.29) is 12.2 Å². The lowest BCUT2D eigenvalue weighted by molar-refractivity contribution is -2.00. The highest BCUT2D eigenvalue weighted by Crippen LogP contribution is 2.59. The zero-order chi connectivity index (χ0) is 29.2. The maximum absolute atomic E-state index is 12.5. The quantitative estimate of drug-likeness (QED) is 0.475. The van der Waals surface area contributed by atoms with Gasteiger partial charge in [-0.15, -0.1) is 10.2 Å². The van der Waals surface area contributed by atoms with E-state index in [1.54, 1.807) is 5.71 Å². The van der Waals surface area contributed by atoms with Crippen LogP contribution in [0.5, 0.6) is 0 Å². The third-order valence-corrected chi connectivity index (χ3v) is 12.0. The molecule has 5 aliphatic heterocycles. The topological polar surface area (TPSA) is 145 Å². The summed E-state index contributed by atoms with van der Waals surface area (Å²) in [5, 5.41) is 10.3. The molecule has 10 heteroatoms. The van der Waals surface area contributed by atoms with Crippen LogP contribution in [0, 0.1) is 45.8 Å². The summed E-state index contributed by atoms with van der Waals surface area (Å²) in [5.74, 6) is 3.05. The normalized spacial score (nSPS) is 40.9. The van der Waals surface area contributed by atoms with Crippen LogP contribution in [-0.2, 0) is 4.74 Å². The van der Waals surface area contributed by atoms with Crippen molar-refractivity contribution in [2.24, 2.45) is 35.5 Å². The average Bonchev–Trinajstić information content (AvgIpc) is 2.96. The summed E-state index contributed by atoms with van der Waals surface area (Å²) in [5.41, 5.74) is 3.41. The van der Waals surface area contributed by atoms with Crippen molar-refractivity contribution in [2.45, 2.75) is 88.4 Å². The molecule has 230 valence electrons. The van der Waals surface area contributed by atoms with Crippen molar-refractivity contribution in [1.29, 1.82) is 0 Å². The largest absolute Gasteiger partial charge is 0.478 e. The van der Waals surface area contributed by atoms with Gasteiger partial charge in [0.2, 0.25) is 0 Å². The number of carboxylic acid groups (broad SMARTS) is 1. The molecule has 0 spiro atoms. The Morgan fingerprint density at radius 2 is 1.57 bits per heavy atom. The van der Waals surface area contributed by atoms with Gasteiger partial charge in [0.15, 0.2) is 5.71 Å². The summed E-state index contributed by atoms with van der Waals surface area (Å²) in [6, 6.07) is 8.76. The maximum Gasteiger partial charge on any atom is 0.335 e. The van der Waals surface area contributed by atoms with Gasteiger partial charge in [-0.3, -0.25) is 4.90 Å². The number of piperidine rings is 2. The van der Waals surface area contributed by atoms with Crippen LogP contribution in [0.3, 0.4) is 0 Å². The van der Waals surface area contributed by atoms with E-state index in [4.69, 9.17) is 23.4 Å². The highest BCUT2D eigenvalue weighted by molar-refractivity contribution is 5.90. The monoisotopic (exact) mass is 602 g/mol. The van der Waals surface area contributed by atoms with E-state index < -0.39 is 16.2 Å². The van der Waals surface area contributed by atoms with Gasteiger partial charge in [-0.1, -0.05) is 18.2 Å². The van der Waals surface area contributed by atoms with Crippen LogP contribution >= 0.6 is 0 Å². The molecule has 0 amide bonds. The first-order valence-corrected chi connectivity index (χ1v) is 17.4. The molecule has 0 bridgehead atoms. The molecule has 1 aromatic rings. The summed E-state index contributed by atoms with van der Waals surface area (Å²) in [6.45, 7) is 5.00. The second-order valence-corrected chi connectivity index (χ2v) is 14.7. The Bertz CT molecular complexity index is 1210. The molecule has 0 radical (unpaired) electrons. The number of rotatable bonds is 2. The first-order chi connectivity index (χ1) is 20.2. The number of carboxylic acids is 1. The maximum atomic E-state index is 12.5. The van der Waals surface area contributed by atoms with E-state index in [9.17, 15) is 9.90 Å². The van der Waals surface area contributed by atoms with E-state index in [2.05, 4.69) is 21.6 Å². The summed E-state index contributed by atoms with van der Waals surface area (Å²) in [6.07, 6.45) is 13.4. The van der Waals surface area contributed by atoms with Crippen LogP contribution in [0.2, 0.25) is 0 Å². The van der Waals surface area contributed by atoms with Gasteiger partial charge in [0.1, 0.15) is 13.1 Å². The fourth-order valence-corrected chi connectivity index (χ4v) is 11.0. The summed E-state index contributed by atoms with van der Waals surface area (Å²) >= 11 is 0. The molecule has 5 heterocycles. The molecule has 10 unspecified atom stereocenters. The molecular formula is C32H43ClN2O7. The number of fused-ring (bicyclic) bond motifs is 4. The van der Waals surface area contributed by atoms with Gasteiger partial charge in [-0.25, -0.2) is 28.0 Å². The molecule has 2 saturated carbocycles. The van der Waals surface area contributed by atoms with Gasteiger partial charge in [0, 0.05) is 30.7 Å². The van der Waals surface area contributed by atoms with Gasteiger partial charge >= 0.3 is 5.97 Å². The van der Waals surface area contributed by atoms with Crippen molar-refractivity contribution in [3.63, 3.8) is 0 Å². The van der Waals surface area contributed by atoms with Gasteiger partial charge < -0.3 is 9.84 Å². The number of hydrogen-bond acceptors (Lipinski definition) is 7. The van der Waals surface area contributed by atoms with Crippen LogP contribution in [0.25, 0.3) is 0 Å². The molecule has 5 fully saturated rings. The molecule has 9 nitrogen and oxygen atoms in total. The molecule has 0 aromatic heterocycles. The third kappa shape index (κ3) is 5.23. The van der Waals surface area contributed by atoms with E-state index in [0.717, 1.165) is 11.5 Å². The van der Waals surface area contributed by atoms with Gasteiger partial charge in [-0.2, -0.15) is 0 Å². The minimum atomic E-state index is -4.94. The fraction of sp³-hybridized carbons (Fsp3) is 0.750. The van der Waals surface area contributed by atoms with E-state index >= 15 is 0 Å². The molecule has 3 saturated heterocycles. The van der Waals surface area contributed by atoms with Gasteiger partial charge in [0.25, 0.3) is 0 Å². The van der Waals surface area contributed by atoms with Crippen LogP contribution in [0.1, 0.15) is 86.0 Å². The van der Waals surface area contributed by atoms with Crippen molar-refractivity contribution < 1.29 is 48.1 Å². The smallest absolute Gasteiger partial charge is 0.335 e. The molecule has 1 aromatic carbocycles. The molecule has 7 aliphatic rings. The lowest BCUT2D eigenvalue weighted by Gasteiger charge is -2.62. The van der Waals surface area contributed by atoms with E-state index in [1.165, 1.54) is 90.4 Å². The highest BCUT2D eigenvalue weighted by Gasteiger charge is 2.61. The van der Waals surface area contributed by atoms with Crippen LogP contribution in [0.15, 0.2) is 24.3 Å². The van der Waals surface area contributed by atoms with E-state index in [1.807, 2.05) is 12.1 Å². The third-order valence-electron chi connectivity index (χ3n) is 12.0. The number of hydrogen-bond donors (Lipinski definition) is 1. The average molecular weight is 603 g/mol. The second-order valence-electron chi connectivity index (χ2n) is 13.9. The highest BCUT2D eigenvalue weighted by atomic mass is 35.7. The number of ether oxygens (including phenoxy) is 1. The number of halogens is 1. The van der Waals surface area contributed by atoms with E-state index in [0.29, 0.717) is 47.1 Å². The molecular weight excluding hydrogens is 560 g/mol. The van der Waals surface area contributed by atoms with Crippen LogP contribution < -0.4 is 18.6 Å². The predicted molar refractivity (Wildman–Crippen MR) is 142 cm³/mol. The van der Waals surface area contributed by atoms with Crippen LogP contribution in [0.4, 0.5) is 0 Å². The van der Waals surface area contributed by atoms with Gasteiger partial charge in [0.05, 0.1) is 23.7 Å². The summed E-state index contributed by atoms with van der Waals surface area (Å²) in [4.78, 5) is 15.4. The number of nitrogens with zero attached hydrogens (tertiary/aromatic N) is 2. The number of benzene rings is 1. The zero-order valence-corrected chi connectivity index (χ0v) is 24.9. The van der Waals surface area contributed by atoms with Crippen molar-refractivity contribution in [3.05, 3.63) is 35.4 Å². The van der Waals surface area contributed by atoms with Crippen molar-refractivity contribution in [2.75, 3.05) is 26.2 Å². The van der Waals surface area contributed by atoms with Crippen molar-refractivity contribution in [1.82, 2.24) is 4.90 Å². The second kappa shape index (κ2) is 11.4. The minimum absolute atomic E-state index is 0.260. The Morgan fingerprint density at radius 1 is 0.881 bits per heavy atom. The number of carbonyl (C=O) groups is 1. The molecule has 2 aliphatic carbocycles. The Hall–Kier alpha value is -1.59. The minimum Gasteiger partial charge on any atom is -0.478 e. The van der Waals surface area contributed by atoms with Crippen molar-refractivity contribution >= 4 is 11.7 Å². The summed E-state index contributed by atoms with van der Waals surface area (Å²) in [7, 11) is -4.94. The predicted octanol–water partition coefficient (Wildman–Crippen LogP) is 0.284. The summed E-state index contributed by atoms with van der Waals surface area (Å²) < 4.78 is 44.2. The Kier molecular flexibility index (Phi) is 7.91.